The molecule has 276 valence electrons. The van der Waals surface area contributed by atoms with Crippen LogP contribution in [0.4, 0.5) is 0 Å². The fourth-order valence-electron chi connectivity index (χ4n) is 7.32. The molecule has 0 aromatic heterocycles. The minimum Gasteiger partial charge on any atom is -0.456 e. The monoisotopic (exact) mass is 696 g/mol. The molecule has 0 bridgehead atoms. The molecular formula is C39H56N2O9. The molecule has 2 aliphatic carbocycles. The van der Waals surface area contributed by atoms with E-state index in [1.165, 1.54) is 6.92 Å². The van der Waals surface area contributed by atoms with Gasteiger partial charge >= 0.3 is 5.97 Å². The zero-order valence-electron chi connectivity index (χ0n) is 29.8. The highest BCUT2D eigenvalue weighted by atomic mass is 16.8. The largest absolute Gasteiger partial charge is 0.456 e. The molecule has 2 amide bonds. The number of unbranched alkanes of at least 4 members (excludes halogenated alkanes) is 4. The predicted octanol–water partition coefficient (Wildman–Crippen LogP) is 4.74. The lowest BCUT2D eigenvalue weighted by Crippen LogP contribution is -2.54. The number of ether oxygens (including phenoxy) is 4. The van der Waals surface area contributed by atoms with Gasteiger partial charge in [0.25, 0.3) is 0 Å². The molecule has 4 aliphatic rings. The normalized spacial score (nSPS) is 27.8. The van der Waals surface area contributed by atoms with Crippen molar-refractivity contribution in [2.75, 3.05) is 13.2 Å². The molecule has 2 heterocycles. The maximum absolute atomic E-state index is 13.6. The van der Waals surface area contributed by atoms with Gasteiger partial charge in [-0.1, -0.05) is 63.8 Å². The summed E-state index contributed by atoms with van der Waals surface area (Å²) in [7, 11) is 0. The van der Waals surface area contributed by atoms with Gasteiger partial charge in [0.15, 0.2) is 5.79 Å². The highest BCUT2D eigenvalue weighted by Crippen LogP contribution is 2.43. The number of esters is 1. The van der Waals surface area contributed by atoms with E-state index in [-0.39, 0.29) is 25.1 Å². The third-order valence-electron chi connectivity index (χ3n) is 10.3. The van der Waals surface area contributed by atoms with Gasteiger partial charge < -0.3 is 39.8 Å². The second-order valence-corrected chi connectivity index (χ2v) is 14.3. The summed E-state index contributed by atoms with van der Waals surface area (Å²) >= 11 is 0. The first-order valence-corrected chi connectivity index (χ1v) is 18.7. The van der Waals surface area contributed by atoms with Gasteiger partial charge in [0.2, 0.25) is 11.8 Å². The molecule has 1 aromatic carbocycles. The number of carbonyl (C=O) groups is 3. The van der Waals surface area contributed by atoms with Crippen LogP contribution in [0.2, 0.25) is 0 Å². The van der Waals surface area contributed by atoms with E-state index in [1.807, 2.05) is 12.1 Å². The highest BCUT2D eigenvalue weighted by molar-refractivity contribution is 5.97. The standard InChI is InChI=1S/C39H56N2O9/c1-4-6-8-18-39(19-9-7-5-2)49-33-24-29(36(44)41-34(25(3)43)37(45)40-20-21-42)23-32(35(33)50-39)48-38(46)28-15-12-26(13-16-28)10-11-27-14-17-30-31(22-27)47-30/h10-13,15-16,24-25,27,30-35,42-43H,4-9,14,17-23H2,1-3H3,(H,40,45)(H,41,44)/t25-,27?,30?,31?,32+,33+,34+,35-/m0/s1. The van der Waals surface area contributed by atoms with E-state index in [0.717, 1.165) is 63.4 Å². The molecule has 3 fully saturated rings. The van der Waals surface area contributed by atoms with Crippen molar-refractivity contribution in [3.63, 3.8) is 0 Å². The Morgan fingerprint density at radius 3 is 2.38 bits per heavy atom. The van der Waals surface area contributed by atoms with Crippen LogP contribution in [0.5, 0.6) is 0 Å². The van der Waals surface area contributed by atoms with Gasteiger partial charge in [-0.05, 0) is 68.7 Å². The third-order valence-corrected chi connectivity index (χ3v) is 10.3. The Kier molecular flexibility index (Phi) is 13.7. The molecule has 0 radical (unpaired) electrons. The number of nitrogens with one attached hydrogen (secondary N) is 2. The third kappa shape index (κ3) is 10.0. The average molecular weight is 697 g/mol. The molecule has 11 nitrogen and oxygen atoms in total. The van der Waals surface area contributed by atoms with Crippen LogP contribution >= 0.6 is 0 Å². The summed E-state index contributed by atoms with van der Waals surface area (Å²) in [6.45, 7) is 5.40. The van der Waals surface area contributed by atoms with Crippen LogP contribution in [0.3, 0.4) is 0 Å². The van der Waals surface area contributed by atoms with E-state index in [4.69, 9.17) is 24.1 Å². The van der Waals surface area contributed by atoms with Crippen LogP contribution in [0, 0.1) is 5.92 Å². The molecule has 50 heavy (non-hydrogen) atoms. The van der Waals surface area contributed by atoms with Crippen molar-refractivity contribution in [1.29, 1.82) is 0 Å². The van der Waals surface area contributed by atoms with Gasteiger partial charge in [-0.25, -0.2) is 4.79 Å². The molecule has 1 saturated carbocycles. The number of aliphatic hydroxyl groups excluding tert-OH is 2. The van der Waals surface area contributed by atoms with Gasteiger partial charge in [0, 0.05) is 31.4 Å². The Morgan fingerprint density at radius 1 is 1.02 bits per heavy atom. The Morgan fingerprint density at radius 2 is 1.74 bits per heavy atom. The summed E-state index contributed by atoms with van der Waals surface area (Å²) in [6, 6.07) is 6.04. The first kappa shape index (κ1) is 38.1. The SMILES string of the molecule is CCCCCC1(CCCCC)O[C@@H]2[C@@H](C=C(C(=O)N[C@@H](C(=O)NCCO)[C@H](C)O)C[C@H]2OC(=O)c2ccc(C=CC3CCC4OC4C3)cc2)O1. The van der Waals surface area contributed by atoms with Crippen LogP contribution < -0.4 is 10.6 Å². The van der Waals surface area contributed by atoms with Crippen LogP contribution in [0.25, 0.3) is 6.08 Å². The number of carbonyl (C=O) groups excluding carboxylic acids is 3. The molecule has 4 N–H and O–H groups in total. The fraction of sp³-hybridized carbons (Fsp3) is 0.667. The number of amides is 2. The molecule has 0 spiro atoms. The maximum Gasteiger partial charge on any atom is 0.338 e. The van der Waals surface area contributed by atoms with Gasteiger partial charge in [-0.2, -0.15) is 0 Å². The van der Waals surface area contributed by atoms with Crippen LogP contribution in [0.15, 0.2) is 42.0 Å². The Hall–Kier alpha value is -3.09. The number of benzene rings is 1. The van der Waals surface area contributed by atoms with E-state index >= 15 is 0 Å². The second kappa shape index (κ2) is 17.9. The molecule has 8 atom stereocenters. The van der Waals surface area contributed by atoms with E-state index in [1.54, 1.807) is 18.2 Å². The molecule has 1 aromatic rings. The quantitative estimate of drug-likeness (QED) is 0.0968. The number of aliphatic hydroxyl groups is 2. The van der Waals surface area contributed by atoms with Gasteiger partial charge in [-0.3, -0.25) is 9.59 Å². The summed E-state index contributed by atoms with van der Waals surface area (Å²) < 4.78 is 25.2. The van der Waals surface area contributed by atoms with E-state index in [0.29, 0.717) is 36.5 Å². The van der Waals surface area contributed by atoms with Crippen molar-refractivity contribution in [1.82, 2.24) is 10.6 Å². The average Bonchev–Trinajstić information content (AvgIpc) is 3.79. The summed E-state index contributed by atoms with van der Waals surface area (Å²) in [5.74, 6) is -2.09. The van der Waals surface area contributed by atoms with Crippen LogP contribution in [-0.4, -0.2) is 89.6 Å². The van der Waals surface area contributed by atoms with Crippen LogP contribution in [0.1, 0.15) is 114 Å². The van der Waals surface area contributed by atoms with Crippen molar-refractivity contribution in [2.24, 2.45) is 5.92 Å². The molecular weight excluding hydrogens is 640 g/mol. The van der Waals surface area contributed by atoms with Crippen molar-refractivity contribution >= 4 is 23.9 Å². The maximum atomic E-state index is 13.6. The Bertz CT molecular complexity index is 1350. The van der Waals surface area contributed by atoms with Gasteiger partial charge in [0.05, 0.1) is 30.5 Å². The molecule has 11 heteroatoms. The number of epoxide rings is 1. The highest BCUT2D eigenvalue weighted by Gasteiger charge is 2.52. The smallest absolute Gasteiger partial charge is 0.338 e. The van der Waals surface area contributed by atoms with Crippen molar-refractivity contribution in [3.8, 4) is 0 Å². The van der Waals surface area contributed by atoms with E-state index < -0.39 is 54.0 Å². The molecule has 5 rings (SSSR count). The summed E-state index contributed by atoms with van der Waals surface area (Å²) in [4.78, 5) is 39.9. The molecule has 2 saturated heterocycles. The van der Waals surface area contributed by atoms with Crippen molar-refractivity contribution < 1.29 is 43.5 Å². The lowest BCUT2D eigenvalue weighted by atomic mass is 9.89. The second-order valence-electron chi connectivity index (χ2n) is 14.3. The number of rotatable bonds is 18. The van der Waals surface area contributed by atoms with E-state index in [2.05, 4.69) is 36.6 Å². The summed E-state index contributed by atoms with van der Waals surface area (Å²) in [5, 5.41) is 24.5. The zero-order chi connectivity index (χ0) is 35.7. The summed E-state index contributed by atoms with van der Waals surface area (Å²) in [6.07, 6.45) is 14.3. The van der Waals surface area contributed by atoms with Crippen molar-refractivity contribution in [3.05, 3.63) is 53.1 Å². The topological polar surface area (TPSA) is 156 Å². The Labute approximate surface area is 296 Å². The fourth-order valence-corrected chi connectivity index (χ4v) is 7.32. The lowest BCUT2D eigenvalue weighted by Gasteiger charge is -2.31. The molecule has 3 unspecified atom stereocenters. The zero-order valence-corrected chi connectivity index (χ0v) is 29.8. The van der Waals surface area contributed by atoms with Crippen LogP contribution in [-0.2, 0) is 28.5 Å². The minimum atomic E-state index is -1.25. The number of fused-ring (bicyclic) bond motifs is 2. The van der Waals surface area contributed by atoms with E-state index in [9.17, 15) is 19.5 Å². The predicted molar refractivity (Wildman–Crippen MR) is 188 cm³/mol. The number of hydrogen-bond donors (Lipinski definition) is 4. The van der Waals surface area contributed by atoms with Gasteiger partial charge in [-0.15, -0.1) is 0 Å². The van der Waals surface area contributed by atoms with Gasteiger partial charge in [0.1, 0.15) is 24.4 Å². The number of allylic oxidation sites excluding steroid dienone is 1. The minimum absolute atomic E-state index is 0.0141. The first-order chi connectivity index (χ1) is 24.1. The Balaban J connectivity index is 1.32. The first-order valence-electron chi connectivity index (χ1n) is 18.7. The lowest BCUT2D eigenvalue weighted by molar-refractivity contribution is -0.190. The van der Waals surface area contributed by atoms with Crippen molar-refractivity contribution in [2.45, 2.75) is 146 Å². The number of hydrogen-bond acceptors (Lipinski definition) is 9. The summed E-state index contributed by atoms with van der Waals surface area (Å²) in [5.41, 5.74) is 1.65. The molecule has 2 aliphatic heterocycles.